The summed E-state index contributed by atoms with van der Waals surface area (Å²) in [7, 11) is 0. The molecule has 1 atom stereocenters. The molecule has 13 heavy (non-hydrogen) atoms. The molecule has 0 rings (SSSR count). The van der Waals surface area contributed by atoms with Crippen LogP contribution in [0.25, 0.3) is 0 Å². The van der Waals surface area contributed by atoms with Crippen LogP contribution in [0.2, 0.25) is 0 Å². The maximum absolute atomic E-state index is 8.28. The largest absolute Gasteiger partial charge is 0.380 e. The van der Waals surface area contributed by atoms with Gasteiger partial charge in [0.2, 0.25) is 0 Å². The third kappa shape index (κ3) is 7.76. The Hall–Kier alpha value is -0.590. The zero-order chi connectivity index (χ0) is 10.2. The predicted octanol–water partition coefficient (Wildman–Crippen LogP) is 1.82. The van der Waals surface area contributed by atoms with Gasteiger partial charge >= 0.3 is 0 Å². The third-order valence-electron chi connectivity index (χ3n) is 2.07. The van der Waals surface area contributed by atoms with E-state index in [1.165, 1.54) is 0 Å². The lowest BCUT2D eigenvalue weighted by molar-refractivity contribution is 0.0870. The van der Waals surface area contributed by atoms with E-state index < -0.39 is 0 Å². The van der Waals surface area contributed by atoms with Crippen molar-refractivity contribution in [3.8, 4) is 6.07 Å². The van der Waals surface area contributed by atoms with E-state index in [1.54, 1.807) is 0 Å². The Kier molecular flexibility index (Phi) is 6.56. The van der Waals surface area contributed by atoms with Crippen molar-refractivity contribution >= 4 is 0 Å². The van der Waals surface area contributed by atoms with Crippen LogP contribution in [-0.4, -0.2) is 18.8 Å². The molecule has 0 amide bonds. The summed E-state index contributed by atoms with van der Waals surface area (Å²) in [6.45, 7) is 5.37. The second-order valence-corrected chi connectivity index (χ2v) is 3.68. The normalized spacial score (nSPS) is 14.9. The van der Waals surface area contributed by atoms with E-state index >= 15 is 0 Å². The molecule has 0 spiro atoms. The summed E-state index contributed by atoms with van der Waals surface area (Å²) < 4.78 is 5.40. The van der Waals surface area contributed by atoms with E-state index in [0.717, 1.165) is 19.3 Å². The van der Waals surface area contributed by atoms with Crippen molar-refractivity contribution in [2.24, 2.45) is 5.73 Å². The molecule has 0 heterocycles. The molecule has 2 N–H and O–H groups in total. The van der Waals surface area contributed by atoms with E-state index in [1.807, 2.05) is 6.92 Å². The minimum Gasteiger partial charge on any atom is -0.380 e. The molecule has 0 aliphatic heterocycles. The van der Waals surface area contributed by atoms with E-state index in [9.17, 15) is 0 Å². The zero-order valence-corrected chi connectivity index (χ0v) is 8.68. The summed E-state index contributed by atoms with van der Waals surface area (Å²) in [4.78, 5) is 0. The standard InChI is InChI=1S/C10H20N2O/c1-3-10(2,12)9-13-8-6-4-5-7-11/h3-6,8-9,12H2,1-2H3. The highest BCUT2D eigenvalue weighted by Crippen LogP contribution is 2.05. The lowest BCUT2D eigenvalue weighted by Gasteiger charge is -2.22. The summed E-state index contributed by atoms with van der Waals surface area (Å²) in [5.74, 6) is 0. The van der Waals surface area contributed by atoms with Gasteiger partial charge in [0.1, 0.15) is 0 Å². The summed E-state index contributed by atoms with van der Waals surface area (Å²) in [6, 6.07) is 2.11. The summed E-state index contributed by atoms with van der Waals surface area (Å²) in [5, 5.41) is 8.28. The number of nitrogens with zero attached hydrogens (tertiary/aromatic N) is 1. The second-order valence-electron chi connectivity index (χ2n) is 3.68. The van der Waals surface area contributed by atoms with Crippen LogP contribution in [0, 0.1) is 11.3 Å². The van der Waals surface area contributed by atoms with E-state index in [2.05, 4.69) is 13.0 Å². The number of nitriles is 1. The van der Waals surface area contributed by atoms with Gasteiger partial charge in [0.05, 0.1) is 12.7 Å². The average Bonchev–Trinajstić information content (AvgIpc) is 2.11. The molecule has 0 saturated heterocycles. The monoisotopic (exact) mass is 184 g/mol. The molecule has 0 aromatic carbocycles. The Labute approximate surface area is 80.9 Å². The fourth-order valence-electron chi connectivity index (χ4n) is 0.816. The van der Waals surface area contributed by atoms with Gasteiger partial charge in [-0.05, 0) is 26.2 Å². The Morgan fingerprint density at radius 3 is 2.69 bits per heavy atom. The maximum Gasteiger partial charge on any atom is 0.0643 e. The first-order chi connectivity index (χ1) is 6.12. The highest BCUT2D eigenvalue weighted by atomic mass is 16.5. The van der Waals surface area contributed by atoms with Crippen LogP contribution < -0.4 is 5.73 Å². The molecular formula is C10H20N2O. The van der Waals surface area contributed by atoms with E-state index in [0.29, 0.717) is 19.6 Å². The van der Waals surface area contributed by atoms with Crippen molar-refractivity contribution in [2.75, 3.05) is 13.2 Å². The molecule has 3 heteroatoms. The highest BCUT2D eigenvalue weighted by molar-refractivity contribution is 4.75. The minimum absolute atomic E-state index is 0.199. The Balaban J connectivity index is 3.22. The topological polar surface area (TPSA) is 59.0 Å². The van der Waals surface area contributed by atoms with Crippen LogP contribution in [0.4, 0.5) is 0 Å². The molecule has 0 aliphatic rings. The number of unbranched alkanes of at least 4 members (excludes halogenated alkanes) is 2. The molecule has 1 unspecified atom stereocenters. The van der Waals surface area contributed by atoms with Crippen LogP contribution in [0.15, 0.2) is 0 Å². The lowest BCUT2D eigenvalue weighted by Crippen LogP contribution is -2.40. The van der Waals surface area contributed by atoms with Gasteiger partial charge in [-0.2, -0.15) is 5.26 Å². The molecule has 0 bridgehead atoms. The lowest BCUT2D eigenvalue weighted by atomic mass is 10.0. The molecule has 3 nitrogen and oxygen atoms in total. The van der Waals surface area contributed by atoms with Crippen LogP contribution in [-0.2, 0) is 4.74 Å². The smallest absolute Gasteiger partial charge is 0.0643 e. The fourth-order valence-corrected chi connectivity index (χ4v) is 0.816. The summed E-state index contributed by atoms with van der Waals surface area (Å²) in [6.07, 6.45) is 3.42. The van der Waals surface area contributed by atoms with Crippen LogP contribution in [0.3, 0.4) is 0 Å². The SMILES string of the molecule is CCC(C)(N)COCCCCC#N. The summed E-state index contributed by atoms with van der Waals surface area (Å²) >= 11 is 0. The van der Waals surface area contributed by atoms with Gasteiger partial charge < -0.3 is 10.5 Å². The molecule has 0 saturated carbocycles. The van der Waals surface area contributed by atoms with Gasteiger partial charge in [0.15, 0.2) is 0 Å². The fraction of sp³-hybridized carbons (Fsp3) is 0.900. The highest BCUT2D eigenvalue weighted by Gasteiger charge is 2.14. The van der Waals surface area contributed by atoms with Crippen LogP contribution in [0.5, 0.6) is 0 Å². The predicted molar refractivity (Wildman–Crippen MR) is 53.2 cm³/mol. The molecule has 0 radical (unpaired) electrons. The van der Waals surface area contributed by atoms with Crippen LogP contribution in [0.1, 0.15) is 39.5 Å². The first-order valence-electron chi connectivity index (χ1n) is 4.86. The van der Waals surface area contributed by atoms with Crippen molar-refractivity contribution < 1.29 is 4.74 Å². The molecule has 0 aromatic heterocycles. The van der Waals surface area contributed by atoms with E-state index in [-0.39, 0.29) is 5.54 Å². The Bertz CT molecular complexity index is 161. The van der Waals surface area contributed by atoms with Gasteiger partial charge in [-0.1, -0.05) is 6.92 Å². The van der Waals surface area contributed by atoms with Crippen molar-refractivity contribution in [3.63, 3.8) is 0 Å². The van der Waals surface area contributed by atoms with E-state index in [4.69, 9.17) is 15.7 Å². The van der Waals surface area contributed by atoms with Crippen LogP contribution >= 0.6 is 0 Å². The van der Waals surface area contributed by atoms with Crippen molar-refractivity contribution in [1.82, 2.24) is 0 Å². The number of rotatable bonds is 7. The molecular weight excluding hydrogens is 164 g/mol. The minimum atomic E-state index is -0.199. The molecule has 0 aliphatic carbocycles. The Morgan fingerprint density at radius 1 is 1.46 bits per heavy atom. The number of nitrogens with two attached hydrogens (primary N) is 1. The molecule has 76 valence electrons. The van der Waals surface area contributed by atoms with Crippen molar-refractivity contribution in [2.45, 2.75) is 45.1 Å². The van der Waals surface area contributed by atoms with Gasteiger partial charge in [0.25, 0.3) is 0 Å². The quantitative estimate of drug-likeness (QED) is 0.614. The second kappa shape index (κ2) is 6.88. The van der Waals surface area contributed by atoms with Gasteiger partial charge in [0, 0.05) is 18.6 Å². The van der Waals surface area contributed by atoms with Gasteiger partial charge in [-0.25, -0.2) is 0 Å². The summed E-state index contributed by atoms with van der Waals surface area (Å²) in [5.41, 5.74) is 5.68. The third-order valence-corrected chi connectivity index (χ3v) is 2.07. The Morgan fingerprint density at radius 2 is 2.15 bits per heavy atom. The first kappa shape index (κ1) is 12.4. The van der Waals surface area contributed by atoms with Gasteiger partial charge in [-0.3, -0.25) is 0 Å². The maximum atomic E-state index is 8.28. The number of hydrogen-bond donors (Lipinski definition) is 1. The number of hydrogen-bond acceptors (Lipinski definition) is 3. The average molecular weight is 184 g/mol. The van der Waals surface area contributed by atoms with Gasteiger partial charge in [-0.15, -0.1) is 0 Å². The number of ether oxygens (including phenoxy) is 1. The van der Waals surface area contributed by atoms with Crippen molar-refractivity contribution in [3.05, 3.63) is 0 Å². The zero-order valence-electron chi connectivity index (χ0n) is 8.68. The molecule has 0 fully saturated rings. The first-order valence-corrected chi connectivity index (χ1v) is 4.86. The molecule has 0 aromatic rings. The van der Waals surface area contributed by atoms with Crippen molar-refractivity contribution in [1.29, 1.82) is 5.26 Å².